The number of amides is 1. The average molecular weight is 278 g/mol. The topological polar surface area (TPSA) is 102 Å². The summed E-state index contributed by atoms with van der Waals surface area (Å²) in [6.45, 7) is 2.06. The van der Waals surface area contributed by atoms with Crippen molar-refractivity contribution in [3.63, 3.8) is 0 Å². The summed E-state index contributed by atoms with van der Waals surface area (Å²) in [6.07, 6.45) is 0.888. The Morgan fingerprint density at radius 2 is 2.25 bits per heavy atom. The molecule has 106 valence electrons. The minimum atomic E-state index is -0.680. The van der Waals surface area contributed by atoms with Crippen LogP contribution in [0.3, 0.4) is 0 Å². The van der Waals surface area contributed by atoms with E-state index < -0.39 is 12.1 Å². The number of rotatable bonds is 3. The quantitative estimate of drug-likeness (QED) is 0.838. The predicted molar refractivity (Wildman–Crippen MR) is 67.1 cm³/mol. The fraction of sp³-hybridized carbons (Fsp3) is 0.462. The van der Waals surface area contributed by atoms with Crippen molar-refractivity contribution in [3.05, 3.63) is 16.9 Å². The molecule has 2 heterocycles. The zero-order chi connectivity index (χ0) is 14.7. The third-order valence-electron chi connectivity index (χ3n) is 3.04. The minimum absolute atomic E-state index is 0.0256. The van der Waals surface area contributed by atoms with Crippen molar-refractivity contribution in [3.8, 4) is 6.07 Å². The SMILES string of the molecule is COC(=O)c1c(C)oc(NC(=O)C2CCCO2)c1C#N. The van der Waals surface area contributed by atoms with Gasteiger partial charge in [0.2, 0.25) is 5.88 Å². The molecule has 1 unspecified atom stereocenters. The molecule has 1 N–H and O–H groups in total. The van der Waals surface area contributed by atoms with E-state index in [9.17, 15) is 9.59 Å². The smallest absolute Gasteiger partial charge is 0.342 e. The summed E-state index contributed by atoms with van der Waals surface area (Å²) in [5.41, 5.74) is -0.0154. The number of methoxy groups -OCH3 is 1. The first kappa shape index (κ1) is 14.1. The van der Waals surface area contributed by atoms with E-state index in [1.165, 1.54) is 14.0 Å². The van der Waals surface area contributed by atoms with Crippen LogP contribution >= 0.6 is 0 Å². The molecule has 1 aromatic heterocycles. The van der Waals surface area contributed by atoms with E-state index in [0.29, 0.717) is 13.0 Å². The minimum Gasteiger partial charge on any atom is -0.465 e. The monoisotopic (exact) mass is 278 g/mol. The maximum atomic E-state index is 11.9. The molecule has 0 bridgehead atoms. The van der Waals surface area contributed by atoms with Crippen LogP contribution in [0, 0.1) is 18.3 Å². The third-order valence-corrected chi connectivity index (χ3v) is 3.04. The zero-order valence-corrected chi connectivity index (χ0v) is 11.2. The first-order valence-corrected chi connectivity index (χ1v) is 6.12. The molecule has 2 rings (SSSR count). The number of nitriles is 1. The van der Waals surface area contributed by atoms with Gasteiger partial charge in [0.15, 0.2) is 0 Å². The van der Waals surface area contributed by atoms with Gasteiger partial charge in [0.05, 0.1) is 7.11 Å². The number of hydrogen-bond donors (Lipinski definition) is 1. The Morgan fingerprint density at radius 3 is 2.80 bits per heavy atom. The molecular weight excluding hydrogens is 264 g/mol. The van der Waals surface area contributed by atoms with Crippen LogP contribution < -0.4 is 5.32 Å². The Balaban J connectivity index is 2.26. The van der Waals surface area contributed by atoms with Crippen LogP contribution in [0.4, 0.5) is 5.88 Å². The predicted octanol–water partition coefficient (Wildman–Crippen LogP) is 1.36. The summed E-state index contributed by atoms with van der Waals surface area (Å²) in [5.74, 6) is -0.897. The number of ether oxygens (including phenoxy) is 2. The summed E-state index contributed by atoms with van der Waals surface area (Å²) < 4.78 is 15.1. The largest absolute Gasteiger partial charge is 0.465 e. The maximum Gasteiger partial charge on any atom is 0.342 e. The summed E-state index contributed by atoms with van der Waals surface area (Å²) in [6, 6.07) is 1.85. The fourth-order valence-corrected chi connectivity index (χ4v) is 2.06. The van der Waals surface area contributed by atoms with E-state index in [1.54, 1.807) is 0 Å². The van der Waals surface area contributed by atoms with Gasteiger partial charge in [-0.15, -0.1) is 0 Å². The summed E-state index contributed by atoms with van der Waals surface area (Å²) >= 11 is 0. The molecule has 0 radical (unpaired) electrons. The second kappa shape index (κ2) is 5.75. The van der Waals surface area contributed by atoms with Crippen molar-refractivity contribution in [1.82, 2.24) is 0 Å². The van der Waals surface area contributed by atoms with Gasteiger partial charge in [0, 0.05) is 6.61 Å². The molecule has 0 saturated carbocycles. The molecule has 1 aromatic rings. The lowest BCUT2D eigenvalue weighted by molar-refractivity contribution is -0.124. The number of carbonyl (C=O) groups is 2. The molecule has 1 amide bonds. The molecule has 1 saturated heterocycles. The van der Waals surface area contributed by atoms with Crippen molar-refractivity contribution in [1.29, 1.82) is 5.26 Å². The van der Waals surface area contributed by atoms with Gasteiger partial charge >= 0.3 is 5.97 Å². The van der Waals surface area contributed by atoms with Crippen molar-refractivity contribution in [2.75, 3.05) is 19.0 Å². The van der Waals surface area contributed by atoms with Crippen LogP contribution in [0.15, 0.2) is 4.42 Å². The molecule has 1 aliphatic rings. The molecule has 1 aliphatic heterocycles. The number of anilines is 1. The number of nitrogens with zero attached hydrogens (tertiary/aromatic N) is 1. The number of aryl methyl sites for hydroxylation is 1. The van der Waals surface area contributed by atoms with Crippen LogP contribution in [0.1, 0.15) is 34.5 Å². The molecule has 1 fully saturated rings. The third kappa shape index (κ3) is 2.51. The lowest BCUT2D eigenvalue weighted by atomic mass is 10.1. The van der Waals surface area contributed by atoms with Gasteiger partial charge in [-0.2, -0.15) is 5.26 Å². The molecular formula is C13H14N2O5. The van der Waals surface area contributed by atoms with Gasteiger partial charge in [0.1, 0.15) is 29.1 Å². The maximum absolute atomic E-state index is 11.9. The van der Waals surface area contributed by atoms with E-state index in [-0.39, 0.29) is 28.7 Å². The van der Waals surface area contributed by atoms with Crippen molar-refractivity contribution in [2.45, 2.75) is 25.9 Å². The lowest BCUT2D eigenvalue weighted by Gasteiger charge is -2.08. The first-order chi connectivity index (χ1) is 9.58. The molecule has 0 aromatic carbocycles. The fourth-order valence-electron chi connectivity index (χ4n) is 2.06. The average Bonchev–Trinajstić information content (AvgIpc) is 3.05. The highest BCUT2D eigenvalue weighted by molar-refractivity contribution is 5.99. The van der Waals surface area contributed by atoms with E-state index in [0.717, 1.165) is 6.42 Å². The van der Waals surface area contributed by atoms with Crippen molar-refractivity contribution in [2.24, 2.45) is 0 Å². The highest BCUT2D eigenvalue weighted by Gasteiger charge is 2.29. The van der Waals surface area contributed by atoms with E-state index in [4.69, 9.17) is 14.4 Å². The van der Waals surface area contributed by atoms with Crippen LogP contribution in [0.2, 0.25) is 0 Å². The number of esters is 1. The standard InChI is InChI=1S/C13H14N2O5/c1-7-10(13(17)18-2)8(6-14)12(20-7)15-11(16)9-4-3-5-19-9/h9H,3-5H2,1-2H3,(H,15,16). The van der Waals surface area contributed by atoms with E-state index in [1.807, 2.05) is 6.07 Å². The Labute approximate surface area is 115 Å². The number of nitrogens with one attached hydrogen (secondary N) is 1. The second-order valence-electron chi connectivity index (χ2n) is 4.33. The Hall–Kier alpha value is -2.33. The van der Waals surface area contributed by atoms with Gasteiger partial charge in [-0.1, -0.05) is 0 Å². The Morgan fingerprint density at radius 1 is 1.50 bits per heavy atom. The summed E-state index contributed by atoms with van der Waals surface area (Å²) in [7, 11) is 1.21. The van der Waals surface area contributed by atoms with Gasteiger partial charge in [0.25, 0.3) is 5.91 Å². The van der Waals surface area contributed by atoms with Crippen LogP contribution in [-0.2, 0) is 14.3 Å². The lowest BCUT2D eigenvalue weighted by Crippen LogP contribution is -2.27. The van der Waals surface area contributed by atoms with Crippen molar-refractivity contribution >= 4 is 17.8 Å². The normalized spacial score (nSPS) is 17.6. The van der Waals surface area contributed by atoms with Crippen LogP contribution in [0.5, 0.6) is 0 Å². The number of carbonyl (C=O) groups excluding carboxylic acids is 2. The molecule has 0 aliphatic carbocycles. The molecule has 1 atom stereocenters. The van der Waals surface area contributed by atoms with E-state index in [2.05, 4.69) is 10.1 Å². The molecule has 20 heavy (non-hydrogen) atoms. The van der Waals surface area contributed by atoms with Crippen molar-refractivity contribution < 1.29 is 23.5 Å². The van der Waals surface area contributed by atoms with Gasteiger partial charge in [-0.25, -0.2) is 4.79 Å². The molecule has 7 nitrogen and oxygen atoms in total. The zero-order valence-electron chi connectivity index (χ0n) is 11.2. The van der Waals surface area contributed by atoms with Gasteiger partial charge < -0.3 is 13.9 Å². The summed E-state index contributed by atoms with van der Waals surface area (Å²) in [4.78, 5) is 23.5. The highest BCUT2D eigenvalue weighted by Crippen LogP contribution is 2.27. The molecule has 0 spiro atoms. The van der Waals surface area contributed by atoms with Gasteiger partial charge in [-0.3, -0.25) is 10.1 Å². The first-order valence-electron chi connectivity index (χ1n) is 6.12. The van der Waals surface area contributed by atoms with Gasteiger partial charge in [-0.05, 0) is 19.8 Å². The number of furan rings is 1. The Bertz CT molecular complexity index is 578. The van der Waals surface area contributed by atoms with Crippen LogP contribution in [0.25, 0.3) is 0 Å². The van der Waals surface area contributed by atoms with E-state index >= 15 is 0 Å². The van der Waals surface area contributed by atoms with Crippen LogP contribution in [-0.4, -0.2) is 31.7 Å². The Kier molecular flexibility index (Phi) is 4.05. The summed E-state index contributed by atoms with van der Waals surface area (Å²) in [5, 5.41) is 11.6. The molecule has 7 heteroatoms. The number of hydrogen-bond acceptors (Lipinski definition) is 6. The highest BCUT2D eigenvalue weighted by atomic mass is 16.5. The second-order valence-corrected chi connectivity index (χ2v) is 4.33.